The summed E-state index contributed by atoms with van der Waals surface area (Å²) in [5.41, 5.74) is -1.51. The molecule has 2 rings (SSSR count). The lowest BCUT2D eigenvalue weighted by atomic mass is 9.80. The topological polar surface area (TPSA) is 87.7 Å². The minimum absolute atomic E-state index is 0.120. The predicted octanol–water partition coefficient (Wildman–Crippen LogP) is 1.23. The average Bonchev–Trinajstić information content (AvgIpc) is 2.62. The van der Waals surface area contributed by atoms with Crippen molar-refractivity contribution < 1.29 is 19.1 Å². The summed E-state index contributed by atoms with van der Waals surface area (Å²) in [5, 5.41) is 4.94. The molecular formula is C14H23N3O4. The average molecular weight is 297 g/mol. The molecule has 2 fully saturated rings. The van der Waals surface area contributed by atoms with Crippen LogP contribution in [-0.2, 0) is 9.53 Å². The third-order valence-electron chi connectivity index (χ3n) is 3.96. The molecule has 0 unspecified atom stereocenters. The minimum Gasteiger partial charge on any atom is -0.444 e. The number of carbonyl (C=O) groups is 3. The van der Waals surface area contributed by atoms with Crippen molar-refractivity contribution in [2.45, 2.75) is 51.7 Å². The predicted molar refractivity (Wildman–Crippen MR) is 75.6 cm³/mol. The van der Waals surface area contributed by atoms with Crippen LogP contribution >= 0.6 is 0 Å². The Morgan fingerprint density at radius 3 is 2.57 bits per heavy atom. The summed E-state index contributed by atoms with van der Waals surface area (Å²) >= 11 is 0. The lowest BCUT2D eigenvalue weighted by Crippen LogP contribution is -2.56. The number of urea groups is 1. The number of hydrogen-bond donors (Lipinski definition) is 2. The third kappa shape index (κ3) is 3.28. The molecule has 2 aliphatic rings. The molecule has 118 valence electrons. The SMILES string of the molecule is CC(C)(C)OC(=O)N1CCC[C@@H]([C@@]2(C)NC(=O)NC2=O)C1. The van der Waals surface area contributed by atoms with Gasteiger partial charge in [-0.05, 0) is 40.5 Å². The van der Waals surface area contributed by atoms with Crippen molar-refractivity contribution in [3.63, 3.8) is 0 Å². The molecule has 2 heterocycles. The molecule has 2 saturated heterocycles. The van der Waals surface area contributed by atoms with Crippen molar-refractivity contribution in [3.05, 3.63) is 0 Å². The number of carbonyl (C=O) groups excluding carboxylic acids is 3. The van der Waals surface area contributed by atoms with Gasteiger partial charge < -0.3 is 15.0 Å². The Morgan fingerprint density at radius 1 is 1.38 bits per heavy atom. The van der Waals surface area contributed by atoms with E-state index in [1.54, 1.807) is 11.8 Å². The van der Waals surface area contributed by atoms with E-state index in [0.717, 1.165) is 12.8 Å². The van der Waals surface area contributed by atoms with E-state index in [1.807, 2.05) is 20.8 Å². The van der Waals surface area contributed by atoms with Gasteiger partial charge >= 0.3 is 12.1 Å². The number of nitrogens with one attached hydrogen (secondary N) is 2. The van der Waals surface area contributed by atoms with Gasteiger partial charge in [0.25, 0.3) is 5.91 Å². The van der Waals surface area contributed by atoms with Crippen molar-refractivity contribution >= 4 is 18.0 Å². The van der Waals surface area contributed by atoms with Gasteiger partial charge in [-0.25, -0.2) is 9.59 Å². The Labute approximate surface area is 124 Å². The number of hydrogen-bond acceptors (Lipinski definition) is 4. The Kier molecular flexibility index (Phi) is 3.86. The molecule has 0 saturated carbocycles. The van der Waals surface area contributed by atoms with Crippen LogP contribution in [0.15, 0.2) is 0 Å². The second kappa shape index (κ2) is 5.20. The summed E-state index contributed by atoms with van der Waals surface area (Å²) < 4.78 is 5.37. The highest BCUT2D eigenvalue weighted by atomic mass is 16.6. The van der Waals surface area contributed by atoms with Crippen molar-refractivity contribution in [1.29, 1.82) is 0 Å². The van der Waals surface area contributed by atoms with Gasteiger partial charge in [0.15, 0.2) is 0 Å². The van der Waals surface area contributed by atoms with E-state index in [0.29, 0.717) is 13.1 Å². The van der Waals surface area contributed by atoms with Crippen molar-refractivity contribution in [3.8, 4) is 0 Å². The van der Waals surface area contributed by atoms with Crippen molar-refractivity contribution in [2.24, 2.45) is 5.92 Å². The maximum atomic E-state index is 12.1. The quantitative estimate of drug-likeness (QED) is 0.713. The first-order valence-corrected chi connectivity index (χ1v) is 7.23. The maximum Gasteiger partial charge on any atom is 0.410 e. The lowest BCUT2D eigenvalue weighted by Gasteiger charge is -2.39. The molecular weight excluding hydrogens is 274 g/mol. The third-order valence-corrected chi connectivity index (χ3v) is 3.96. The second-order valence-electron chi connectivity index (χ2n) is 6.88. The number of piperidine rings is 1. The van der Waals surface area contributed by atoms with Crippen LogP contribution in [0.5, 0.6) is 0 Å². The van der Waals surface area contributed by atoms with E-state index in [1.165, 1.54) is 0 Å². The molecule has 7 nitrogen and oxygen atoms in total. The molecule has 0 bridgehead atoms. The summed E-state index contributed by atoms with van der Waals surface area (Å²) in [4.78, 5) is 37.1. The van der Waals surface area contributed by atoms with Gasteiger partial charge in [-0.2, -0.15) is 0 Å². The molecule has 2 N–H and O–H groups in total. The number of ether oxygens (including phenoxy) is 1. The number of rotatable bonds is 1. The number of likely N-dealkylation sites (tertiary alicyclic amines) is 1. The first-order chi connectivity index (χ1) is 9.62. The van der Waals surface area contributed by atoms with E-state index in [-0.39, 0.29) is 17.9 Å². The summed E-state index contributed by atoms with van der Waals surface area (Å²) in [7, 11) is 0. The van der Waals surface area contributed by atoms with Crippen LogP contribution in [0, 0.1) is 5.92 Å². The van der Waals surface area contributed by atoms with Crippen LogP contribution in [0.2, 0.25) is 0 Å². The van der Waals surface area contributed by atoms with Crippen LogP contribution in [0.25, 0.3) is 0 Å². The summed E-state index contributed by atoms with van der Waals surface area (Å²) in [6.45, 7) is 8.17. The van der Waals surface area contributed by atoms with Gasteiger partial charge in [-0.1, -0.05) is 0 Å². The second-order valence-corrected chi connectivity index (χ2v) is 6.88. The first kappa shape index (κ1) is 15.6. The fourth-order valence-electron chi connectivity index (χ4n) is 2.78. The van der Waals surface area contributed by atoms with Crippen LogP contribution in [0.1, 0.15) is 40.5 Å². The monoisotopic (exact) mass is 297 g/mol. The molecule has 2 atom stereocenters. The molecule has 0 aliphatic carbocycles. The first-order valence-electron chi connectivity index (χ1n) is 7.23. The van der Waals surface area contributed by atoms with Gasteiger partial charge in [-0.15, -0.1) is 0 Å². The zero-order chi connectivity index (χ0) is 15.8. The largest absolute Gasteiger partial charge is 0.444 e. The zero-order valence-corrected chi connectivity index (χ0v) is 13.0. The molecule has 0 aromatic rings. The molecule has 0 radical (unpaired) electrons. The minimum atomic E-state index is -0.961. The van der Waals surface area contributed by atoms with Gasteiger partial charge in [-0.3, -0.25) is 10.1 Å². The normalized spacial score (nSPS) is 29.9. The van der Waals surface area contributed by atoms with E-state index in [9.17, 15) is 14.4 Å². The van der Waals surface area contributed by atoms with Crippen LogP contribution in [0.3, 0.4) is 0 Å². The maximum absolute atomic E-state index is 12.1. The smallest absolute Gasteiger partial charge is 0.410 e. The molecule has 2 aliphatic heterocycles. The molecule has 21 heavy (non-hydrogen) atoms. The van der Waals surface area contributed by atoms with E-state index in [4.69, 9.17) is 4.74 Å². The van der Waals surface area contributed by atoms with Gasteiger partial charge in [0.2, 0.25) is 0 Å². The Hall–Kier alpha value is -1.79. The zero-order valence-electron chi connectivity index (χ0n) is 13.0. The number of amides is 4. The van der Waals surface area contributed by atoms with Crippen LogP contribution in [0.4, 0.5) is 9.59 Å². The fourth-order valence-corrected chi connectivity index (χ4v) is 2.78. The number of nitrogens with zero attached hydrogens (tertiary/aromatic N) is 1. The molecule has 7 heteroatoms. The highest BCUT2D eigenvalue weighted by Crippen LogP contribution is 2.30. The molecule has 0 aromatic carbocycles. The Balaban J connectivity index is 2.06. The van der Waals surface area contributed by atoms with Gasteiger partial charge in [0, 0.05) is 19.0 Å². The standard InChI is InChI=1S/C14H23N3O4/c1-13(2,3)21-12(20)17-7-5-6-9(8-17)14(4)10(18)15-11(19)16-14/h9H,5-8H2,1-4H3,(H2,15,16,18,19)/t9-,14-/m1/s1. The molecule has 4 amide bonds. The highest BCUT2D eigenvalue weighted by Gasteiger charge is 2.49. The van der Waals surface area contributed by atoms with Crippen LogP contribution < -0.4 is 10.6 Å². The van der Waals surface area contributed by atoms with E-state index in [2.05, 4.69) is 10.6 Å². The molecule has 0 aromatic heterocycles. The Morgan fingerprint density at radius 2 is 2.05 bits per heavy atom. The Bertz CT molecular complexity index is 471. The van der Waals surface area contributed by atoms with Gasteiger partial charge in [0.05, 0.1) is 0 Å². The lowest BCUT2D eigenvalue weighted by molar-refractivity contribution is -0.126. The number of imide groups is 1. The highest BCUT2D eigenvalue weighted by molar-refractivity contribution is 6.07. The van der Waals surface area contributed by atoms with E-state index >= 15 is 0 Å². The fraction of sp³-hybridized carbons (Fsp3) is 0.786. The van der Waals surface area contributed by atoms with Crippen molar-refractivity contribution in [1.82, 2.24) is 15.5 Å². The van der Waals surface area contributed by atoms with E-state index < -0.39 is 17.2 Å². The summed E-state index contributed by atoms with van der Waals surface area (Å²) in [5.74, 6) is -0.450. The van der Waals surface area contributed by atoms with Crippen LogP contribution in [-0.4, -0.2) is 47.2 Å². The summed E-state index contributed by atoms with van der Waals surface area (Å²) in [6.07, 6.45) is 1.19. The summed E-state index contributed by atoms with van der Waals surface area (Å²) in [6, 6.07) is -0.475. The van der Waals surface area contributed by atoms with Gasteiger partial charge in [0.1, 0.15) is 11.1 Å². The molecule has 0 spiro atoms. The van der Waals surface area contributed by atoms with Crippen molar-refractivity contribution in [2.75, 3.05) is 13.1 Å².